The maximum atomic E-state index is 5.18. The number of rotatable bonds is 13. The Morgan fingerprint density at radius 3 is 1.06 bits per heavy atom. The molecule has 110 heavy (non-hydrogen) atoms. The molecule has 6 heteroatoms. The van der Waals surface area contributed by atoms with Crippen LogP contribution in [-0.4, -0.2) is 19.9 Å². The smallest absolute Gasteiger partial charge is 0.0729 e. The summed E-state index contributed by atoms with van der Waals surface area (Å²) < 4.78 is 0. The first-order valence-corrected chi connectivity index (χ1v) is 37.5. The Morgan fingerprint density at radius 2 is 0.564 bits per heavy atom. The van der Waals surface area contributed by atoms with E-state index in [9.17, 15) is 0 Å². The lowest BCUT2D eigenvalue weighted by Gasteiger charge is -2.26. The third kappa shape index (κ3) is 9.90. The first kappa shape index (κ1) is 62.6. The molecular weight excluding hydrogens is 1330 g/mol. The molecule has 510 valence electrons. The van der Waals surface area contributed by atoms with Crippen LogP contribution in [0.2, 0.25) is 0 Å². The van der Waals surface area contributed by atoms with Crippen LogP contribution < -0.4 is 9.80 Å². The van der Waals surface area contributed by atoms with Crippen LogP contribution in [0.15, 0.2) is 389 Å². The van der Waals surface area contributed by atoms with Gasteiger partial charge in [-0.2, -0.15) is 0 Å². The summed E-state index contributed by atoms with van der Waals surface area (Å²) in [7, 11) is 0. The topological polar surface area (TPSA) is 58.0 Å². The normalized spacial score (nSPS) is 11.8. The second-order valence-corrected chi connectivity index (χ2v) is 28.6. The molecule has 0 fully saturated rings. The fourth-order valence-corrected chi connectivity index (χ4v) is 18.1. The lowest BCUT2D eigenvalue weighted by Crippen LogP contribution is -2.11. The molecule has 20 aromatic rings. The van der Waals surface area contributed by atoms with E-state index in [0.717, 1.165) is 78.2 Å². The van der Waals surface area contributed by atoms with Crippen molar-refractivity contribution in [3.05, 3.63) is 389 Å². The highest BCUT2D eigenvalue weighted by molar-refractivity contribution is 6.31. The van der Waals surface area contributed by atoms with Crippen LogP contribution in [0.3, 0.4) is 0 Å². The van der Waals surface area contributed by atoms with Gasteiger partial charge in [0.2, 0.25) is 0 Å². The fraction of sp³-hybridized carbons (Fsp3) is 0. The first-order valence-electron chi connectivity index (χ1n) is 37.5. The molecule has 0 saturated heterocycles. The van der Waals surface area contributed by atoms with Gasteiger partial charge < -0.3 is 9.80 Å². The molecule has 0 N–H and O–H groups in total. The predicted octanol–water partition coefficient (Wildman–Crippen LogP) is 28.1. The zero-order chi connectivity index (χ0) is 72.3. The van der Waals surface area contributed by atoms with Crippen molar-refractivity contribution in [2.24, 2.45) is 0 Å². The zero-order valence-corrected chi connectivity index (χ0v) is 59.6. The van der Waals surface area contributed by atoms with Crippen LogP contribution >= 0.6 is 0 Å². The van der Waals surface area contributed by atoms with E-state index < -0.39 is 0 Å². The molecule has 0 bridgehead atoms. The van der Waals surface area contributed by atoms with Gasteiger partial charge in [0.1, 0.15) is 0 Å². The summed E-state index contributed by atoms with van der Waals surface area (Å²) in [5.74, 6) is 0. The van der Waals surface area contributed by atoms with Crippen molar-refractivity contribution in [2.45, 2.75) is 0 Å². The molecule has 0 atom stereocenters. The van der Waals surface area contributed by atoms with Gasteiger partial charge in [-0.05, 0) is 244 Å². The van der Waals surface area contributed by atoms with Crippen molar-refractivity contribution >= 4 is 99.0 Å². The van der Waals surface area contributed by atoms with Crippen LogP contribution in [0, 0.1) is 0 Å². The molecule has 4 heterocycles. The number of nitrogens with zero attached hydrogens (tertiary/aromatic N) is 6. The number of para-hydroxylation sites is 1. The van der Waals surface area contributed by atoms with Gasteiger partial charge in [-0.1, -0.05) is 273 Å². The van der Waals surface area contributed by atoms with Gasteiger partial charge >= 0.3 is 0 Å². The zero-order valence-electron chi connectivity index (χ0n) is 59.6. The van der Waals surface area contributed by atoms with Crippen molar-refractivity contribution in [3.8, 4) is 122 Å². The SMILES string of the molecule is c1ccc(-c2c3c(c(-c4ccccc4)c4ccccc24)-c2ccc(-c4ccc(N(c5cccnc5)c5ccnc6cc(-c7ccc8c(-c9ccccc9)c9c(c(-c%10ccccc%10)c8c7)-c7ccc(-c8ccc(N(c%10ccncc%10)c%10ccnc%11ccccc%10%11)cc8)c8cccc-9c78)ccc56)cc4)c4cccc-3c24)cc1. The molecular formula is C104H64N6. The molecule has 2 aliphatic rings. The number of fused-ring (bicyclic) bond motifs is 10. The Bertz CT molecular complexity index is 7000. The van der Waals surface area contributed by atoms with Gasteiger partial charge in [0.15, 0.2) is 0 Å². The van der Waals surface area contributed by atoms with Crippen LogP contribution in [0.1, 0.15) is 0 Å². The summed E-state index contributed by atoms with van der Waals surface area (Å²) in [4.78, 5) is 23.6. The van der Waals surface area contributed by atoms with Gasteiger partial charge in [-0.25, -0.2) is 0 Å². The highest BCUT2D eigenvalue weighted by atomic mass is 15.2. The quantitative estimate of drug-likeness (QED) is 0.115. The average Bonchev–Trinajstić information content (AvgIpc) is 1.53. The van der Waals surface area contributed by atoms with Crippen molar-refractivity contribution in [1.82, 2.24) is 19.9 Å². The van der Waals surface area contributed by atoms with Gasteiger partial charge in [0, 0.05) is 58.8 Å². The maximum Gasteiger partial charge on any atom is 0.0729 e. The van der Waals surface area contributed by atoms with E-state index in [1.165, 1.54) is 143 Å². The maximum absolute atomic E-state index is 5.18. The largest absolute Gasteiger partial charge is 0.310 e. The van der Waals surface area contributed by atoms with E-state index in [4.69, 9.17) is 15.0 Å². The van der Waals surface area contributed by atoms with E-state index in [1.807, 2.05) is 49.3 Å². The summed E-state index contributed by atoms with van der Waals surface area (Å²) in [5, 5.41) is 12.0. The van der Waals surface area contributed by atoms with Crippen molar-refractivity contribution in [1.29, 1.82) is 0 Å². The molecule has 0 amide bonds. The molecule has 16 aromatic carbocycles. The molecule has 0 saturated carbocycles. The Morgan fingerprint density at radius 1 is 0.182 bits per heavy atom. The van der Waals surface area contributed by atoms with Gasteiger partial charge in [0.25, 0.3) is 0 Å². The summed E-state index contributed by atoms with van der Waals surface area (Å²) in [5.41, 5.74) is 34.6. The number of benzene rings is 16. The summed E-state index contributed by atoms with van der Waals surface area (Å²) in [6.07, 6.45) is 11.3. The third-order valence-electron chi connectivity index (χ3n) is 22.8. The first-order chi connectivity index (χ1) is 54.6. The van der Waals surface area contributed by atoms with Crippen molar-refractivity contribution in [2.75, 3.05) is 9.80 Å². The van der Waals surface area contributed by atoms with Crippen LogP contribution in [0.4, 0.5) is 34.1 Å². The number of aromatic nitrogens is 4. The minimum atomic E-state index is 0.890. The summed E-state index contributed by atoms with van der Waals surface area (Å²) in [6, 6.07) is 129. The highest BCUT2D eigenvalue weighted by Gasteiger charge is 2.34. The monoisotopic (exact) mass is 1400 g/mol. The number of pyridine rings is 4. The summed E-state index contributed by atoms with van der Waals surface area (Å²) in [6.45, 7) is 0. The average molecular weight is 1400 g/mol. The fourth-order valence-electron chi connectivity index (χ4n) is 18.1. The van der Waals surface area contributed by atoms with Gasteiger partial charge in [-0.15, -0.1) is 0 Å². The lowest BCUT2D eigenvalue weighted by molar-refractivity contribution is 1.23. The van der Waals surface area contributed by atoms with E-state index in [1.54, 1.807) is 0 Å². The minimum Gasteiger partial charge on any atom is -0.310 e. The standard InChI is InChI=1S/C104H64N6/c1-5-20-67(21-6-1)95-81-29-13-14-30-82(81)96(68-22-7-2-8-23-68)103-88-51-49-77(79-32-17-34-86(99(79)88)101(95)103)66-39-45-74(46-40-66)110(76-28-19-57-106-64-76)94-56-61-108-92-63-72(42-48-85(92)94)71-41-47-83-90(62-71)98(70-26-11-4-12-27-70)104-89-52-50-78(80-33-18-35-87(100(80)89)102(104)97(83)69-24-9-3-10-25-69)65-37-43-73(44-38-65)109(75-53-58-105-59-54-75)93-55-60-107-91-36-16-15-31-84(91)93/h1-64H. The van der Waals surface area contributed by atoms with E-state index >= 15 is 0 Å². The van der Waals surface area contributed by atoms with Crippen molar-refractivity contribution < 1.29 is 0 Å². The second-order valence-electron chi connectivity index (χ2n) is 28.6. The summed E-state index contributed by atoms with van der Waals surface area (Å²) >= 11 is 0. The van der Waals surface area contributed by atoms with Gasteiger partial charge in [-0.3, -0.25) is 19.9 Å². The Labute approximate surface area is 636 Å². The molecule has 22 rings (SSSR count). The number of anilines is 6. The molecule has 4 aromatic heterocycles. The lowest BCUT2D eigenvalue weighted by atomic mass is 9.81. The number of hydrogen-bond donors (Lipinski definition) is 0. The minimum absolute atomic E-state index is 0.890. The second kappa shape index (κ2) is 25.5. The third-order valence-corrected chi connectivity index (χ3v) is 22.8. The Hall–Kier alpha value is -14.7. The molecule has 6 nitrogen and oxygen atoms in total. The molecule has 0 spiro atoms. The number of hydrogen-bond acceptors (Lipinski definition) is 6. The Balaban J connectivity index is 0.648. The van der Waals surface area contributed by atoms with Crippen LogP contribution in [0.25, 0.3) is 187 Å². The van der Waals surface area contributed by atoms with E-state index in [-0.39, 0.29) is 0 Å². The highest BCUT2D eigenvalue weighted by Crippen LogP contribution is 2.61. The van der Waals surface area contributed by atoms with Gasteiger partial charge in [0.05, 0.1) is 34.3 Å². The van der Waals surface area contributed by atoms with Crippen LogP contribution in [-0.2, 0) is 0 Å². The van der Waals surface area contributed by atoms with E-state index in [2.05, 4.69) is 355 Å². The predicted molar refractivity (Wildman–Crippen MR) is 459 cm³/mol. The molecule has 0 unspecified atom stereocenters. The van der Waals surface area contributed by atoms with Crippen molar-refractivity contribution in [3.63, 3.8) is 0 Å². The molecule has 0 aliphatic heterocycles. The van der Waals surface area contributed by atoms with E-state index in [0.29, 0.717) is 0 Å². The molecule has 0 radical (unpaired) electrons. The van der Waals surface area contributed by atoms with Crippen LogP contribution in [0.5, 0.6) is 0 Å². The Kier molecular flexibility index (Phi) is 14.5. The molecule has 2 aliphatic carbocycles.